The topological polar surface area (TPSA) is 102 Å². The molecule has 0 bridgehead atoms. The van der Waals surface area contributed by atoms with Crippen molar-refractivity contribution in [2.45, 2.75) is 114 Å². The standard InChI is InChI=1S/C36H50N4O4/c1-2-39(36(44)37-30-17-10-5-11-18-30)25-33(41)32(21-26-13-6-3-7-14-26)38-35(43)29-22-28(27-15-8-4-9-16-27)23-31(24-29)40-20-12-19-34(40)42/h3,6-7,13-14,22-24,27,30,32-33,41H,2,4-5,8-12,15-21,25H2,1H3,(H,37,44)(H,38,43). The van der Waals surface area contributed by atoms with Crippen molar-refractivity contribution in [1.82, 2.24) is 15.5 Å². The van der Waals surface area contributed by atoms with E-state index in [-0.39, 0.29) is 30.4 Å². The molecule has 1 heterocycles. The molecular weight excluding hydrogens is 552 g/mol. The van der Waals surface area contributed by atoms with Gasteiger partial charge in [-0.05, 0) is 80.7 Å². The van der Waals surface area contributed by atoms with Gasteiger partial charge in [-0.25, -0.2) is 4.79 Å². The SMILES string of the molecule is CCN(CC(O)C(Cc1ccccc1)NC(=O)c1cc(C2CCCCC2)cc(N2CCCC2=O)c1)C(=O)NC1CCCCC1. The van der Waals surface area contributed by atoms with E-state index in [1.54, 1.807) is 4.90 Å². The molecule has 8 heteroatoms. The number of anilines is 1. The molecule has 8 nitrogen and oxygen atoms in total. The van der Waals surface area contributed by atoms with Crippen molar-refractivity contribution < 1.29 is 19.5 Å². The first-order chi connectivity index (χ1) is 21.4. The molecule has 2 saturated carbocycles. The summed E-state index contributed by atoms with van der Waals surface area (Å²) in [5, 5.41) is 17.9. The fourth-order valence-corrected chi connectivity index (χ4v) is 7.14. The van der Waals surface area contributed by atoms with Crippen molar-refractivity contribution in [2.75, 3.05) is 24.5 Å². The summed E-state index contributed by atoms with van der Waals surface area (Å²) in [7, 11) is 0. The second-order valence-electron chi connectivity index (χ2n) is 13.0. The lowest BCUT2D eigenvalue weighted by atomic mass is 9.83. The predicted octanol–water partition coefficient (Wildman–Crippen LogP) is 5.93. The monoisotopic (exact) mass is 602 g/mol. The van der Waals surface area contributed by atoms with Crippen LogP contribution in [0.15, 0.2) is 48.5 Å². The first kappa shape index (κ1) is 32.0. The number of urea groups is 1. The number of likely N-dealkylation sites (N-methyl/N-ethyl adjacent to an activating group) is 1. The quantitative estimate of drug-likeness (QED) is 0.297. The highest BCUT2D eigenvalue weighted by Gasteiger charge is 2.29. The zero-order valence-corrected chi connectivity index (χ0v) is 26.3. The average Bonchev–Trinajstić information content (AvgIpc) is 3.50. The lowest BCUT2D eigenvalue weighted by molar-refractivity contribution is -0.117. The summed E-state index contributed by atoms with van der Waals surface area (Å²) in [5.74, 6) is 0.199. The summed E-state index contributed by atoms with van der Waals surface area (Å²) < 4.78 is 0. The van der Waals surface area contributed by atoms with Crippen LogP contribution in [0.1, 0.15) is 111 Å². The molecule has 44 heavy (non-hydrogen) atoms. The molecule has 3 fully saturated rings. The van der Waals surface area contributed by atoms with Crippen molar-refractivity contribution in [3.8, 4) is 0 Å². The zero-order valence-electron chi connectivity index (χ0n) is 26.3. The van der Waals surface area contributed by atoms with E-state index in [1.807, 2.05) is 54.3 Å². The average molecular weight is 603 g/mol. The van der Waals surface area contributed by atoms with Crippen molar-refractivity contribution >= 4 is 23.5 Å². The maximum absolute atomic E-state index is 14.0. The van der Waals surface area contributed by atoms with Crippen LogP contribution in [0.4, 0.5) is 10.5 Å². The third-order valence-electron chi connectivity index (χ3n) is 9.75. The smallest absolute Gasteiger partial charge is 0.317 e. The maximum atomic E-state index is 14.0. The van der Waals surface area contributed by atoms with Gasteiger partial charge in [0, 0.05) is 36.8 Å². The summed E-state index contributed by atoms with van der Waals surface area (Å²) >= 11 is 0. The summed E-state index contributed by atoms with van der Waals surface area (Å²) in [6.07, 6.45) is 12.0. The lowest BCUT2D eigenvalue weighted by Crippen LogP contribution is -2.53. The fourth-order valence-electron chi connectivity index (χ4n) is 7.14. The van der Waals surface area contributed by atoms with E-state index >= 15 is 0 Å². The second-order valence-corrected chi connectivity index (χ2v) is 13.0. The summed E-state index contributed by atoms with van der Waals surface area (Å²) in [6, 6.07) is 15.1. The first-order valence-corrected chi connectivity index (χ1v) is 16.9. The Labute approximate surface area is 262 Å². The predicted molar refractivity (Wildman–Crippen MR) is 174 cm³/mol. The van der Waals surface area contributed by atoms with E-state index < -0.39 is 12.1 Å². The molecule has 3 aliphatic rings. The molecule has 2 unspecified atom stereocenters. The number of hydrogen-bond acceptors (Lipinski definition) is 4. The third-order valence-corrected chi connectivity index (χ3v) is 9.75. The van der Waals surface area contributed by atoms with Crippen LogP contribution in [0.2, 0.25) is 0 Å². The molecule has 1 saturated heterocycles. The molecule has 2 atom stereocenters. The Morgan fingerprint density at radius 3 is 2.32 bits per heavy atom. The van der Waals surface area contributed by atoms with Gasteiger partial charge in [-0.3, -0.25) is 9.59 Å². The number of aliphatic hydroxyl groups is 1. The number of nitrogens with zero attached hydrogens (tertiary/aromatic N) is 2. The van der Waals surface area contributed by atoms with Gasteiger partial charge in [0.1, 0.15) is 0 Å². The summed E-state index contributed by atoms with van der Waals surface area (Å²) in [4.78, 5) is 43.3. The number of hydrogen-bond donors (Lipinski definition) is 3. The molecule has 0 spiro atoms. The largest absolute Gasteiger partial charge is 0.389 e. The Balaban J connectivity index is 1.36. The highest BCUT2D eigenvalue weighted by atomic mass is 16.3. The molecule has 0 radical (unpaired) electrons. The molecule has 0 aromatic heterocycles. The van der Waals surface area contributed by atoms with E-state index in [4.69, 9.17) is 0 Å². The molecule has 4 amide bonds. The van der Waals surface area contributed by atoms with Crippen LogP contribution in [0.25, 0.3) is 0 Å². The summed E-state index contributed by atoms with van der Waals surface area (Å²) in [6.45, 7) is 3.15. The van der Waals surface area contributed by atoms with E-state index in [0.717, 1.165) is 61.8 Å². The normalized spacial score (nSPS) is 19.4. The number of amides is 4. The highest BCUT2D eigenvalue weighted by Crippen LogP contribution is 2.36. The van der Waals surface area contributed by atoms with Gasteiger partial charge in [0.25, 0.3) is 5.91 Å². The summed E-state index contributed by atoms with van der Waals surface area (Å²) in [5.41, 5.74) is 3.41. The van der Waals surface area contributed by atoms with Crippen molar-refractivity contribution in [1.29, 1.82) is 0 Å². The third kappa shape index (κ3) is 8.40. The lowest BCUT2D eigenvalue weighted by Gasteiger charge is -2.32. The molecule has 3 N–H and O–H groups in total. The van der Waals surface area contributed by atoms with Crippen LogP contribution in [0.5, 0.6) is 0 Å². The van der Waals surface area contributed by atoms with E-state index in [9.17, 15) is 19.5 Å². The number of benzene rings is 2. The number of rotatable bonds is 11. The minimum Gasteiger partial charge on any atom is -0.389 e. The van der Waals surface area contributed by atoms with Crippen LogP contribution in [-0.2, 0) is 11.2 Å². The molecule has 2 aromatic carbocycles. The molecule has 1 aliphatic heterocycles. The number of carbonyl (C=O) groups excluding carboxylic acids is 3. The Kier molecular flexibility index (Phi) is 11.3. The van der Waals surface area contributed by atoms with Crippen LogP contribution in [0.3, 0.4) is 0 Å². The minimum atomic E-state index is -0.975. The Morgan fingerprint density at radius 2 is 1.66 bits per heavy atom. The molecular formula is C36H50N4O4. The van der Waals surface area contributed by atoms with Gasteiger partial charge in [0.05, 0.1) is 18.7 Å². The first-order valence-electron chi connectivity index (χ1n) is 16.9. The van der Waals surface area contributed by atoms with E-state index in [0.29, 0.717) is 37.4 Å². The Hall–Kier alpha value is -3.39. The Morgan fingerprint density at radius 1 is 0.955 bits per heavy atom. The maximum Gasteiger partial charge on any atom is 0.317 e. The van der Waals surface area contributed by atoms with Gasteiger partial charge in [-0.1, -0.05) is 68.9 Å². The Bertz CT molecular complexity index is 1260. The molecule has 238 valence electrons. The zero-order chi connectivity index (χ0) is 30.9. The van der Waals surface area contributed by atoms with E-state index in [2.05, 4.69) is 16.7 Å². The van der Waals surface area contributed by atoms with Crippen molar-refractivity contribution in [3.63, 3.8) is 0 Å². The van der Waals surface area contributed by atoms with Crippen LogP contribution < -0.4 is 15.5 Å². The van der Waals surface area contributed by atoms with Crippen molar-refractivity contribution in [3.05, 3.63) is 65.2 Å². The highest BCUT2D eigenvalue weighted by molar-refractivity contribution is 5.99. The second kappa shape index (κ2) is 15.6. The number of aliphatic hydroxyl groups excluding tert-OH is 1. The van der Waals surface area contributed by atoms with Gasteiger partial charge in [-0.2, -0.15) is 0 Å². The van der Waals surface area contributed by atoms with Crippen molar-refractivity contribution in [2.24, 2.45) is 0 Å². The van der Waals surface area contributed by atoms with Gasteiger partial charge in [0.2, 0.25) is 5.91 Å². The van der Waals surface area contributed by atoms with Crippen LogP contribution in [0, 0.1) is 0 Å². The van der Waals surface area contributed by atoms with Gasteiger partial charge < -0.3 is 25.5 Å². The number of carbonyl (C=O) groups is 3. The minimum absolute atomic E-state index is 0.0979. The van der Waals surface area contributed by atoms with Crippen LogP contribution >= 0.6 is 0 Å². The van der Waals surface area contributed by atoms with Gasteiger partial charge in [-0.15, -0.1) is 0 Å². The molecule has 2 aliphatic carbocycles. The van der Waals surface area contributed by atoms with Gasteiger partial charge in [0.15, 0.2) is 0 Å². The van der Waals surface area contributed by atoms with Gasteiger partial charge >= 0.3 is 6.03 Å². The molecule has 5 rings (SSSR count). The van der Waals surface area contributed by atoms with E-state index in [1.165, 1.54) is 25.7 Å². The fraction of sp³-hybridized carbons (Fsp3) is 0.583. The number of nitrogens with one attached hydrogen (secondary N) is 2. The molecule has 2 aromatic rings. The van der Waals surface area contributed by atoms with Crippen LogP contribution in [-0.4, -0.2) is 65.7 Å².